The Morgan fingerprint density at radius 3 is 2.65 bits per heavy atom. The van der Waals surface area contributed by atoms with Gasteiger partial charge in [-0.05, 0) is 61.3 Å². The summed E-state index contributed by atoms with van der Waals surface area (Å²) in [5, 5.41) is 17.8. The van der Waals surface area contributed by atoms with Gasteiger partial charge in [0.05, 0.1) is 24.8 Å². The number of aliphatic hydroxyl groups excluding tert-OH is 1. The van der Waals surface area contributed by atoms with E-state index in [0.29, 0.717) is 35.8 Å². The van der Waals surface area contributed by atoms with E-state index in [1.165, 1.54) is 0 Å². The summed E-state index contributed by atoms with van der Waals surface area (Å²) in [4.78, 5) is 34.6. The minimum atomic E-state index is -0.383. The van der Waals surface area contributed by atoms with Crippen LogP contribution in [0.15, 0.2) is 85.2 Å². The Hall–Kier alpha value is -4.47. The van der Waals surface area contributed by atoms with E-state index in [-0.39, 0.29) is 43.0 Å². The van der Waals surface area contributed by atoms with Crippen LogP contribution in [0.2, 0.25) is 0 Å². The predicted octanol–water partition coefficient (Wildman–Crippen LogP) is 5.16. The molecule has 9 heteroatoms. The lowest BCUT2D eigenvalue weighted by atomic mass is 10.0. The molecule has 0 saturated carbocycles. The Morgan fingerprint density at radius 1 is 1.09 bits per heavy atom. The lowest BCUT2D eigenvalue weighted by Gasteiger charge is -2.34. The van der Waals surface area contributed by atoms with Crippen molar-refractivity contribution in [3.05, 3.63) is 96.3 Å². The highest BCUT2D eigenvalue weighted by Gasteiger charge is 2.31. The summed E-state index contributed by atoms with van der Waals surface area (Å²) in [7, 11) is 2.05. The first-order chi connectivity index (χ1) is 20.8. The molecule has 224 valence electrons. The lowest BCUT2D eigenvalue weighted by molar-refractivity contribution is -0.134. The number of carbonyl (C=O) groups excluding carboxylic acids is 2. The van der Waals surface area contributed by atoms with Crippen molar-refractivity contribution >= 4 is 34.1 Å². The van der Waals surface area contributed by atoms with Crippen LogP contribution in [0, 0.1) is 5.92 Å². The first-order valence-electron chi connectivity index (χ1n) is 14.6. The van der Waals surface area contributed by atoms with Crippen LogP contribution in [0.4, 0.5) is 16.2 Å². The summed E-state index contributed by atoms with van der Waals surface area (Å²) in [5.41, 5.74) is 3.09. The van der Waals surface area contributed by atoms with E-state index in [1.54, 1.807) is 29.4 Å². The molecule has 1 aliphatic rings. The molecule has 0 saturated heterocycles. The van der Waals surface area contributed by atoms with Crippen molar-refractivity contribution in [3.63, 3.8) is 0 Å². The van der Waals surface area contributed by atoms with E-state index in [4.69, 9.17) is 4.74 Å². The number of amides is 3. The largest absolute Gasteiger partial charge is 0.488 e. The van der Waals surface area contributed by atoms with Crippen molar-refractivity contribution in [2.75, 3.05) is 37.4 Å². The van der Waals surface area contributed by atoms with Gasteiger partial charge in [0.25, 0.3) is 0 Å². The molecule has 3 atom stereocenters. The van der Waals surface area contributed by atoms with Gasteiger partial charge in [-0.2, -0.15) is 0 Å². The molecule has 0 spiro atoms. The van der Waals surface area contributed by atoms with Crippen LogP contribution in [0.3, 0.4) is 0 Å². The molecule has 3 aromatic carbocycles. The number of ether oxygens (including phenoxy) is 1. The Bertz CT molecular complexity index is 1560. The van der Waals surface area contributed by atoms with Crippen molar-refractivity contribution in [3.8, 4) is 5.75 Å². The first kappa shape index (κ1) is 30.0. The summed E-state index contributed by atoms with van der Waals surface area (Å²) in [5.74, 6) is 0.510. The maximum Gasteiger partial charge on any atom is 0.323 e. The number of pyridine rings is 1. The Balaban J connectivity index is 1.37. The van der Waals surface area contributed by atoms with E-state index >= 15 is 0 Å². The van der Waals surface area contributed by atoms with E-state index in [2.05, 4.69) is 27.4 Å². The molecule has 5 rings (SSSR count). The van der Waals surface area contributed by atoms with Crippen LogP contribution in [0.5, 0.6) is 5.75 Å². The molecule has 0 aliphatic carbocycles. The predicted molar refractivity (Wildman–Crippen MR) is 169 cm³/mol. The van der Waals surface area contributed by atoms with Gasteiger partial charge in [-0.15, -0.1) is 0 Å². The van der Waals surface area contributed by atoms with Gasteiger partial charge in [0.15, 0.2) is 0 Å². The number of rotatable bonds is 8. The molecule has 0 bridgehead atoms. The number of hydrogen-bond donors (Lipinski definition) is 3. The maximum absolute atomic E-state index is 13.5. The van der Waals surface area contributed by atoms with Crippen LogP contribution in [-0.2, 0) is 17.8 Å². The average molecular weight is 582 g/mol. The number of likely N-dealkylation sites (N-methyl/N-ethyl adjacent to an activating group) is 1. The minimum Gasteiger partial charge on any atom is -0.488 e. The van der Waals surface area contributed by atoms with Gasteiger partial charge in [-0.3, -0.25) is 14.7 Å². The number of carbonyl (C=O) groups is 2. The number of urea groups is 1. The fourth-order valence-electron chi connectivity index (χ4n) is 5.52. The zero-order valence-corrected chi connectivity index (χ0v) is 24.9. The third kappa shape index (κ3) is 7.49. The average Bonchev–Trinajstić information content (AvgIpc) is 3.04. The highest BCUT2D eigenvalue weighted by molar-refractivity contribution is 6.06. The van der Waals surface area contributed by atoms with E-state index < -0.39 is 0 Å². The van der Waals surface area contributed by atoms with Gasteiger partial charge >= 0.3 is 6.03 Å². The Labute approximate surface area is 252 Å². The van der Waals surface area contributed by atoms with Crippen LogP contribution in [-0.4, -0.2) is 70.7 Å². The van der Waals surface area contributed by atoms with Crippen molar-refractivity contribution in [1.29, 1.82) is 0 Å². The lowest BCUT2D eigenvalue weighted by Crippen LogP contribution is -2.47. The highest BCUT2D eigenvalue weighted by Crippen LogP contribution is 2.30. The van der Waals surface area contributed by atoms with Gasteiger partial charge in [0, 0.05) is 54.6 Å². The number of nitrogens with one attached hydrogen (secondary N) is 2. The number of fused-ring (bicyclic) bond motifs is 2. The van der Waals surface area contributed by atoms with Crippen molar-refractivity contribution < 1.29 is 19.4 Å². The molecule has 2 heterocycles. The van der Waals surface area contributed by atoms with E-state index in [9.17, 15) is 14.7 Å². The molecule has 3 N–H and O–H groups in total. The van der Waals surface area contributed by atoms with Crippen LogP contribution >= 0.6 is 0 Å². The summed E-state index contributed by atoms with van der Waals surface area (Å²) in [6, 6.07) is 22.3. The molecule has 3 unspecified atom stereocenters. The smallest absolute Gasteiger partial charge is 0.323 e. The monoisotopic (exact) mass is 581 g/mol. The summed E-state index contributed by atoms with van der Waals surface area (Å²) in [6.07, 6.45) is 3.43. The molecule has 3 amide bonds. The first-order valence-corrected chi connectivity index (χ1v) is 14.6. The molecular weight excluding hydrogens is 542 g/mol. The number of aromatic nitrogens is 1. The van der Waals surface area contributed by atoms with Crippen LogP contribution in [0.25, 0.3) is 10.8 Å². The second-order valence-electron chi connectivity index (χ2n) is 11.4. The highest BCUT2D eigenvalue weighted by atomic mass is 16.5. The standard InChI is InChI=1S/C34H39N5O4/c1-23-19-39(24(2)22-40)33(41)18-27-17-28(36-34(42)37-30-10-6-8-26-7-4-5-9-29(26)30)11-12-31(27)43-32(23)21-38(3)20-25-13-15-35-16-14-25/h4-17,23-24,32,40H,18-22H2,1-3H3,(H2,36,37,42). The summed E-state index contributed by atoms with van der Waals surface area (Å²) < 4.78 is 6.63. The van der Waals surface area contributed by atoms with E-state index in [1.807, 2.05) is 74.6 Å². The fraction of sp³-hybridized carbons (Fsp3) is 0.324. The molecule has 0 fully saturated rings. The quantitative estimate of drug-likeness (QED) is 0.265. The van der Waals surface area contributed by atoms with Crippen LogP contribution in [0.1, 0.15) is 25.0 Å². The number of nitrogens with zero attached hydrogens (tertiary/aromatic N) is 3. The van der Waals surface area contributed by atoms with Crippen molar-refractivity contribution in [2.45, 2.75) is 39.0 Å². The molecule has 1 aromatic heterocycles. The van der Waals surface area contributed by atoms with E-state index in [0.717, 1.165) is 22.9 Å². The number of anilines is 2. The number of hydrogen-bond acceptors (Lipinski definition) is 6. The second-order valence-corrected chi connectivity index (χ2v) is 11.4. The van der Waals surface area contributed by atoms with Gasteiger partial charge in [-0.1, -0.05) is 43.3 Å². The topological polar surface area (TPSA) is 107 Å². The molecule has 9 nitrogen and oxygen atoms in total. The fourth-order valence-corrected chi connectivity index (χ4v) is 5.52. The van der Waals surface area contributed by atoms with Crippen molar-refractivity contribution in [1.82, 2.24) is 14.8 Å². The minimum absolute atomic E-state index is 0.00642. The van der Waals surface area contributed by atoms with Gasteiger partial charge in [0.2, 0.25) is 5.91 Å². The zero-order valence-electron chi connectivity index (χ0n) is 24.9. The van der Waals surface area contributed by atoms with Crippen LogP contribution < -0.4 is 15.4 Å². The second kappa shape index (κ2) is 13.7. The number of benzene rings is 3. The maximum atomic E-state index is 13.5. The van der Waals surface area contributed by atoms with Gasteiger partial charge in [0.1, 0.15) is 11.9 Å². The molecule has 0 radical (unpaired) electrons. The van der Waals surface area contributed by atoms with Gasteiger partial charge < -0.3 is 25.4 Å². The normalized spacial score (nSPS) is 17.8. The Kier molecular flexibility index (Phi) is 9.54. The zero-order chi connectivity index (χ0) is 30.3. The molecule has 1 aliphatic heterocycles. The molecule has 43 heavy (non-hydrogen) atoms. The molecular formula is C34H39N5O4. The number of aliphatic hydroxyl groups is 1. The summed E-state index contributed by atoms with van der Waals surface area (Å²) >= 11 is 0. The third-order valence-corrected chi connectivity index (χ3v) is 7.91. The summed E-state index contributed by atoms with van der Waals surface area (Å²) in [6.45, 7) is 5.62. The van der Waals surface area contributed by atoms with Crippen molar-refractivity contribution in [2.24, 2.45) is 5.92 Å². The van der Waals surface area contributed by atoms with Gasteiger partial charge in [-0.25, -0.2) is 4.79 Å². The SMILES string of the molecule is CC1CN(C(C)CO)C(=O)Cc2cc(NC(=O)Nc3cccc4ccccc34)ccc2OC1CN(C)Cc1ccncc1. The third-order valence-electron chi connectivity index (χ3n) is 7.91. The molecule has 4 aromatic rings. The Morgan fingerprint density at radius 2 is 1.86 bits per heavy atom.